The van der Waals surface area contributed by atoms with Gasteiger partial charge in [-0.1, -0.05) is 48.0 Å². The molecular formula is C31H25ClN2O6S. The number of rotatable bonds is 8. The predicted molar refractivity (Wildman–Crippen MR) is 162 cm³/mol. The van der Waals surface area contributed by atoms with E-state index in [1.807, 2.05) is 18.2 Å². The summed E-state index contributed by atoms with van der Waals surface area (Å²) in [7, 11) is 3.00. The number of carbonyl (C=O) groups excluding carboxylic acids is 1. The highest BCUT2D eigenvalue weighted by Gasteiger charge is 2.23. The summed E-state index contributed by atoms with van der Waals surface area (Å²) in [5.74, 6) is -0.000227. The lowest BCUT2D eigenvalue weighted by Gasteiger charge is -2.15. The molecule has 0 unspecified atom stereocenters. The summed E-state index contributed by atoms with van der Waals surface area (Å²) < 4.78 is 17.2. The predicted octanol–water partition coefficient (Wildman–Crippen LogP) is 7.02. The molecule has 10 heteroatoms. The summed E-state index contributed by atoms with van der Waals surface area (Å²) in [6.45, 7) is 1.91. The first kappa shape index (κ1) is 27.9. The number of carbonyl (C=O) groups is 1. The number of aromatic nitrogens is 1. The van der Waals surface area contributed by atoms with Gasteiger partial charge in [0.05, 0.1) is 32.1 Å². The quantitative estimate of drug-likeness (QED) is 0.154. The molecule has 41 heavy (non-hydrogen) atoms. The molecule has 0 saturated heterocycles. The molecule has 0 saturated carbocycles. The molecule has 0 bridgehead atoms. The van der Waals surface area contributed by atoms with Crippen LogP contribution in [0.4, 0.5) is 5.00 Å². The lowest BCUT2D eigenvalue weighted by molar-refractivity contribution is 0.0529. The highest BCUT2D eigenvalue weighted by Crippen LogP contribution is 2.41. The molecule has 8 nitrogen and oxygen atoms in total. The number of pyridine rings is 1. The smallest absolute Gasteiger partial charge is 0.341 e. The Morgan fingerprint density at radius 3 is 2.41 bits per heavy atom. The van der Waals surface area contributed by atoms with Crippen molar-refractivity contribution in [1.29, 1.82) is 0 Å². The molecule has 0 aliphatic heterocycles. The van der Waals surface area contributed by atoms with E-state index in [1.165, 1.54) is 36.3 Å². The number of halogens is 1. The van der Waals surface area contributed by atoms with E-state index in [1.54, 1.807) is 60.8 Å². The molecule has 0 atom stereocenters. The lowest BCUT2D eigenvalue weighted by atomic mass is 10.0. The number of benzene rings is 3. The number of nitrogens with zero attached hydrogens (tertiary/aromatic N) is 2. The van der Waals surface area contributed by atoms with Gasteiger partial charge < -0.3 is 19.3 Å². The van der Waals surface area contributed by atoms with Gasteiger partial charge in [-0.2, -0.15) is 0 Å². The molecular weight excluding hydrogens is 564 g/mol. The van der Waals surface area contributed by atoms with Crippen molar-refractivity contribution in [2.24, 2.45) is 4.99 Å². The standard InChI is InChI=1S/C31H25ClN2O6S/c1-4-40-31(37)27-23(20-10-7-8-12-24(20)32)17-41-28(27)33-16-22-19-9-5-6-11-21(19)29(35)34(30(22)36)18-13-14-25(38-2)26(15-18)39-3/h5-17,36H,4H2,1-3H3. The van der Waals surface area contributed by atoms with Crippen LogP contribution in [0, 0.1) is 0 Å². The normalized spacial score (nSPS) is 11.2. The summed E-state index contributed by atoms with van der Waals surface area (Å²) in [4.78, 5) is 31.2. The zero-order chi connectivity index (χ0) is 29.1. The average molecular weight is 589 g/mol. The number of methoxy groups -OCH3 is 2. The van der Waals surface area contributed by atoms with Gasteiger partial charge in [-0.05, 0) is 31.2 Å². The minimum Gasteiger partial charge on any atom is -0.494 e. The number of hydrogen-bond donors (Lipinski definition) is 1. The van der Waals surface area contributed by atoms with Crippen LogP contribution in [-0.2, 0) is 4.74 Å². The number of aliphatic imine (C=N–C) groups is 1. The molecule has 5 rings (SSSR count). The Bertz CT molecular complexity index is 1860. The van der Waals surface area contributed by atoms with Gasteiger partial charge in [0.15, 0.2) is 11.5 Å². The van der Waals surface area contributed by atoms with E-state index in [2.05, 4.69) is 4.99 Å². The maximum atomic E-state index is 13.6. The summed E-state index contributed by atoms with van der Waals surface area (Å²) in [6, 6.07) is 19.0. The molecule has 0 radical (unpaired) electrons. The van der Waals surface area contributed by atoms with Crippen molar-refractivity contribution in [1.82, 2.24) is 4.57 Å². The summed E-state index contributed by atoms with van der Waals surface area (Å²) in [5.41, 5.74) is 1.76. The fourth-order valence-electron chi connectivity index (χ4n) is 4.54. The topological polar surface area (TPSA) is 99.3 Å². The van der Waals surface area contributed by atoms with E-state index in [-0.39, 0.29) is 23.6 Å². The Morgan fingerprint density at radius 1 is 1.00 bits per heavy atom. The van der Waals surface area contributed by atoms with Gasteiger partial charge >= 0.3 is 5.97 Å². The maximum Gasteiger partial charge on any atom is 0.341 e. The molecule has 2 heterocycles. The Hall–Kier alpha value is -4.60. The Labute approximate surface area is 244 Å². The lowest BCUT2D eigenvalue weighted by Crippen LogP contribution is -2.20. The van der Waals surface area contributed by atoms with Crippen molar-refractivity contribution < 1.29 is 24.1 Å². The van der Waals surface area contributed by atoms with Crippen molar-refractivity contribution >= 4 is 50.9 Å². The largest absolute Gasteiger partial charge is 0.494 e. The third-order valence-corrected chi connectivity index (χ3v) is 7.67. The Balaban J connectivity index is 1.71. The molecule has 0 fully saturated rings. The second kappa shape index (κ2) is 11.9. The minimum absolute atomic E-state index is 0.182. The first-order valence-corrected chi connectivity index (χ1v) is 13.8. The van der Waals surface area contributed by atoms with E-state index in [4.69, 9.17) is 25.8 Å². The molecule has 0 aliphatic rings. The first-order chi connectivity index (χ1) is 19.9. The van der Waals surface area contributed by atoms with Crippen LogP contribution >= 0.6 is 22.9 Å². The Kier molecular flexibility index (Phi) is 8.09. The molecule has 208 valence electrons. The molecule has 0 aliphatic carbocycles. The molecule has 1 N–H and O–H groups in total. The van der Waals surface area contributed by atoms with Crippen LogP contribution in [0.2, 0.25) is 5.02 Å². The molecule has 5 aromatic rings. The van der Waals surface area contributed by atoms with Crippen molar-refractivity contribution in [2.75, 3.05) is 20.8 Å². The van der Waals surface area contributed by atoms with Gasteiger partial charge in [0.1, 0.15) is 10.6 Å². The number of hydrogen-bond acceptors (Lipinski definition) is 8. The van der Waals surface area contributed by atoms with Crippen molar-refractivity contribution in [3.05, 3.63) is 98.6 Å². The maximum absolute atomic E-state index is 13.6. The SMILES string of the molecule is CCOC(=O)c1c(-c2ccccc2Cl)csc1N=Cc1c(O)n(-c2ccc(OC)c(OC)c2)c(=O)c2ccccc12. The van der Waals surface area contributed by atoms with Crippen molar-refractivity contribution in [3.8, 4) is 34.2 Å². The van der Waals surface area contributed by atoms with Gasteiger partial charge in [-0.25, -0.2) is 14.4 Å². The second-order valence-electron chi connectivity index (χ2n) is 8.75. The van der Waals surface area contributed by atoms with Crippen LogP contribution in [0.25, 0.3) is 27.6 Å². The average Bonchev–Trinajstić information content (AvgIpc) is 3.41. The number of thiophene rings is 1. The minimum atomic E-state index is -0.541. The van der Waals surface area contributed by atoms with Crippen LogP contribution in [-0.4, -0.2) is 42.7 Å². The van der Waals surface area contributed by atoms with Gasteiger partial charge in [0.2, 0.25) is 5.88 Å². The monoisotopic (exact) mass is 588 g/mol. The summed E-state index contributed by atoms with van der Waals surface area (Å²) in [6.07, 6.45) is 1.44. The van der Waals surface area contributed by atoms with E-state index in [9.17, 15) is 14.7 Å². The number of aromatic hydroxyl groups is 1. The zero-order valence-electron chi connectivity index (χ0n) is 22.4. The highest BCUT2D eigenvalue weighted by molar-refractivity contribution is 7.14. The number of ether oxygens (including phenoxy) is 3. The van der Waals surface area contributed by atoms with Crippen LogP contribution in [0.1, 0.15) is 22.8 Å². The third-order valence-electron chi connectivity index (χ3n) is 6.45. The second-order valence-corrected chi connectivity index (χ2v) is 10.0. The summed E-state index contributed by atoms with van der Waals surface area (Å²) >= 11 is 7.68. The van der Waals surface area contributed by atoms with Crippen LogP contribution < -0.4 is 15.0 Å². The van der Waals surface area contributed by atoms with Gasteiger partial charge in [-0.15, -0.1) is 11.3 Å². The third kappa shape index (κ3) is 5.17. The molecule has 2 aromatic heterocycles. The van der Waals surface area contributed by atoms with Crippen LogP contribution in [0.15, 0.2) is 81.9 Å². The van der Waals surface area contributed by atoms with Crippen LogP contribution in [0.3, 0.4) is 0 Å². The molecule has 0 amide bonds. The van der Waals surface area contributed by atoms with Gasteiger partial charge in [-0.3, -0.25) is 4.79 Å². The van der Waals surface area contributed by atoms with Crippen LogP contribution in [0.5, 0.6) is 17.4 Å². The fraction of sp³-hybridized carbons (Fsp3) is 0.129. The van der Waals surface area contributed by atoms with Gasteiger partial charge in [0, 0.05) is 44.6 Å². The highest BCUT2D eigenvalue weighted by atomic mass is 35.5. The van der Waals surface area contributed by atoms with Gasteiger partial charge in [0.25, 0.3) is 5.56 Å². The van der Waals surface area contributed by atoms with E-state index in [0.29, 0.717) is 49.1 Å². The van der Waals surface area contributed by atoms with E-state index in [0.717, 1.165) is 0 Å². The molecule has 0 spiro atoms. The first-order valence-electron chi connectivity index (χ1n) is 12.6. The van der Waals surface area contributed by atoms with E-state index >= 15 is 0 Å². The zero-order valence-corrected chi connectivity index (χ0v) is 24.0. The van der Waals surface area contributed by atoms with Crippen molar-refractivity contribution in [2.45, 2.75) is 6.92 Å². The van der Waals surface area contributed by atoms with Crippen molar-refractivity contribution in [3.63, 3.8) is 0 Å². The molecule has 3 aromatic carbocycles. The number of esters is 1. The summed E-state index contributed by atoms with van der Waals surface area (Å²) in [5, 5.41) is 15.0. The Morgan fingerprint density at radius 2 is 1.71 bits per heavy atom. The number of fused-ring (bicyclic) bond motifs is 1. The fourth-order valence-corrected chi connectivity index (χ4v) is 5.67. The van der Waals surface area contributed by atoms with E-state index < -0.39 is 11.5 Å².